The van der Waals surface area contributed by atoms with Crippen LogP contribution < -0.4 is 4.74 Å². The van der Waals surface area contributed by atoms with Crippen LogP contribution in [0.1, 0.15) is 36.2 Å². The second-order valence-electron chi connectivity index (χ2n) is 6.62. The van der Waals surface area contributed by atoms with E-state index in [-0.39, 0.29) is 5.91 Å². The smallest absolute Gasteiger partial charge is 0.270 e. The van der Waals surface area contributed by atoms with Crippen LogP contribution in [0, 0.1) is 11.8 Å². The summed E-state index contributed by atoms with van der Waals surface area (Å²) in [6, 6.07) is 7.78. The van der Waals surface area contributed by atoms with Crippen molar-refractivity contribution < 1.29 is 9.53 Å². The number of rotatable bonds is 2. The molecular formula is C18H22N2O2. The van der Waals surface area contributed by atoms with Gasteiger partial charge in [0.25, 0.3) is 5.91 Å². The van der Waals surface area contributed by atoms with Crippen molar-refractivity contribution in [1.82, 2.24) is 9.88 Å². The molecule has 2 fully saturated rings. The lowest BCUT2D eigenvalue weighted by Crippen LogP contribution is -2.29. The van der Waals surface area contributed by atoms with Crippen molar-refractivity contribution in [3.63, 3.8) is 0 Å². The molecule has 4 heteroatoms. The third kappa shape index (κ3) is 2.18. The first-order valence-electron chi connectivity index (χ1n) is 8.21. The number of methoxy groups -OCH3 is 1. The monoisotopic (exact) mass is 298 g/mol. The normalized spacial score (nSPS) is 24.5. The highest BCUT2D eigenvalue weighted by Crippen LogP contribution is 2.36. The maximum absolute atomic E-state index is 12.8. The molecule has 1 aliphatic heterocycles. The van der Waals surface area contributed by atoms with Crippen molar-refractivity contribution in [2.45, 2.75) is 25.7 Å². The summed E-state index contributed by atoms with van der Waals surface area (Å²) in [7, 11) is 1.66. The molecule has 2 heterocycles. The fourth-order valence-electron chi connectivity index (χ4n) is 4.16. The Hall–Kier alpha value is -1.97. The standard InChI is InChI=1S/C18H22N2O2/c1-22-17-8-4-7-15-14(17)9-16(19-15)18(21)20-10-12-5-2-3-6-13(12)11-20/h4,7-9,12-13,19H,2-3,5-6,10-11H2,1H3/t12-,13+. The Bertz CT molecular complexity index is 692. The molecule has 0 radical (unpaired) electrons. The number of carbonyl (C=O) groups is 1. The maximum atomic E-state index is 12.8. The Morgan fingerprint density at radius 1 is 1.23 bits per heavy atom. The molecule has 2 aliphatic rings. The summed E-state index contributed by atoms with van der Waals surface area (Å²) in [5.74, 6) is 2.38. The lowest BCUT2D eigenvalue weighted by atomic mass is 9.82. The Morgan fingerprint density at radius 3 is 2.64 bits per heavy atom. The van der Waals surface area contributed by atoms with Crippen LogP contribution in [0.3, 0.4) is 0 Å². The van der Waals surface area contributed by atoms with Crippen LogP contribution in [0.4, 0.5) is 0 Å². The fraction of sp³-hybridized carbons (Fsp3) is 0.500. The zero-order chi connectivity index (χ0) is 15.1. The van der Waals surface area contributed by atoms with Crippen molar-refractivity contribution in [2.24, 2.45) is 11.8 Å². The van der Waals surface area contributed by atoms with Crippen molar-refractivity contribution >= 4 is 16.8 Å². The van der Waals surface area contributed by atoms with Crippen molar-refractivity contribution in [3.8, 4) is 5.75 Å². The van der Waals surface area contributed by atoms with Crippen LogP contribution in [0.25, 0.3) is 10.9 Å². The van der Waals surface area contributed by atoms with E-state index in [2.05, 4.69) is 4.98 Å². The third-order valence-corrected chi connectivity index (χ3v) is 5.34. The lowest BCUT2D eigenvalue weighted by Gasteiger charge is -2.22. The van der Waals surface area contributed by atoms with Gasteiger partial charge in [-0.05, 0) is 42.9 Å². The fourth-order valence-corrected chi connectivity index (χ4v) is 4.16. The summed E-state index contributed by atoms with van der Waals surface area (Å²) in [6.07, 6.45) is 5.23. The van der Waals surface area contributed by atoms with E-state index in [1.165, 1.54) is 25.7 Å². The molecule has 1 saturated heterocycles. The minimum Gasteiger partial charge on any atom is -0.496 e. The van der Waals surface area contributed by atoms with Gasteiger partial charge in [0.2, 0.25) is 0 Å². The molecule has 0 unspecified atom stereocenters. The molecule has 1 saturated carbocycles. The molecule has 4 rings (SSSR count). The van der Waals surface area contributed by atoms with Gasteiger partial charge in [0.05, 0.1) is 7.11 Å². The number of hydrogen-bond acceptors (Lipinski definition) is 2. The minimum absolute atomic E-state index is 0.132. The van der Waals surface area contributed by atoms with Crippen molar-refractivity contribution in [3.05, 3.63) is 30.0 Å². The third-order valence-electron chi connectivity index (χ3n) is 5.34. The van der Waals surface area contributed by atoms with Gasteiger partial charge in [0.15, 0.2) is 0 Å². The topological polar surface area (TPSA) is 45.3 Å². The van der Waals surface area contributed by atoms with Gasteiger partial charge in [-0.15, -0.1) is 0 Å². The number of fused-ring (bicyclic) bond motifs is 2. The zero-order valence-corrected chi connectivity index (χ0v) is 13.0. The first-order chi connectivity index (χ1) is 10.8. The zero-order valence-electron chi connectivity index (χ0n) is 13.0. The molecule has 2 atom stereocenters. The predicted octanol–water partition coefficient (Wildman–Crippen LogP) is 3.44. The second-order valence-corrected chi connectivity index (χ2v) is 6.62. The van der Waals surface area contributed by atoms with Crippen molar-refractivity contribution in [1.29, 1.82) is 0 Å². The van der Waals surface area contributed by atoms with Crippen LogP contribution in [-0.2, 0) is 0 Å². The average Bonchev–Trinajstić information content (AvgIpc) is 3.17. The number of H-pyrrole nitrogens is 1. The molecule has 2 aromatic rings. The number of amides is 1. The number of aromatic amines is 1. The number of aromatic nitrogens is 1. The number of nitrogens with one attached hydrogen (secondary N) is 1. The van der Waals surface area contributed by atoms with Gasteiger partial charge < -0.3 is 14.6 Å². The van der Waals surface area contributed by atoms with Crippen LogP contribution >= 0.6 is 0 Å². The van der Waals surface area contributed by atoms with E-state index in [9.17, 15) is 4.79 Å². The Kier molecular flexibility index (Phi) is 3.32. The van der Waals surface area contributed by atoms with E-state index in [1.807, 2.05) is 29.2 Å². The number of carbonyl (C=O) groups excluding carboxylic acids is 1. The van der Waals surface area contributed by atoms with Gasteiger partial charge in [-0.2, -0.15) is 0 Å². The Morgan fingerprint density at radius 2 is 1.95 bits per heavy atom. The SMILES string of the molecule is COc1cccc2[nH]c(C(=O)N3C[C@H]4CCCC[C@H]4C3)cc12. The highest BCUT2D eigenvalue weighted by molar-refractivity contribution is 5.99. The first kappa shape index (κ1) is 13.7. The molecule has 1 aliphatic carbocycles. The van der Waals surface area contributed by atoms with Crippen LogP contribution in [-0.4, -0.2) is 36.0 Å². The van der Waals surface area contributed by atoms with Gasteiger partial charge in [0.1, 0.15) is 11.4 Å². The summed E-state index contributed by atoms with van der Waals surface area (Å²) < 4.78 is 5.38. The van der Waals surface area contributed by atoms with E-state index >= 15 is 0 Å². The highest BCUT2D eigenvalue weighted by Gasteiger charge is 2.37. The van der Waals surface area contributed by atoms with Gasteiger partial charge in [-0.1, -0.05) is 18.9 Å². The first-order valence-corrected chi connectivity index (χ1v) is 8.21. The van der Waals surface area contributed by atoms with E-state index < -0.39 is 0 Å². The molecule has 1 amide bonds. The summed E-state index contributed by atoms with van der Waals surface area (Å²) in [4.78, 5) is 18.1. The van der Waals surface area contributed by atoms with E-state index in [1.54, 1.807) is 7.11 Å². The summed E-state index contributed by atoms with van der Waals surface area (Å²) in [6.45, 7) is 1.85. The summed E-state index contributed by atoms with van der Waals surface area (Å²) in [5.41, 5.74) is 1.64. The quantitative estimate of drug-likeness (QED) is 0.923. The van der Waals surface area contributed by atoms with Crippen LogP contribution in [0.2, 0.25) is 0 Å². The molecule has 1 aromatic heterocycles. The van der Waals surface area contributed by atoms with E-state index in [4.69, 9.17) is 4.74 Å². The largest absolute Gasteiger partial charge is 0.496 e. The van der Waals surface area contributed by atoms with E-state index in [0.29, 0.717) is 5.69 Å². The molecule has 116 valence electrons. The maximum Gasteiger partial charge on any atom is 0.270 e. The lowest BCUT2D eigenvalue weighted by molar-refractivity contribution is 0.0779. The summed E-state index contributed by atoms with van der Waals surface area (Å²) in [5, 5.41) is 0.977. The van der Waals surface area contributed by atoms with Crippen LogP contribution in [0.15, 0.2) is 24.3 Å². The second kappa shape index (κ2) is 5.34. The molecule has 1 aromatic carbocycles. The molecule has 0 spiro atoms. The number of ether oxygens (including phenoxy) is 1. The average molecular weight is 298 g/mol. The Labute approximate surface area is 130 Å². The van der Waals surface area contributed by atoms with Gasteiger partial charge >= 0.3 is 0 Å². The molecule has 22 heavy (non-hydrogen) atoms. The Balaban J connectivity index is 1.60. The van der Waals surface area contributed by atoms with Gasteiger partial charge in [-0.3, -0.25) is 4.79 Å². The number of nitrogens with zero attached hydrogens (tertiary/aromatic N) is 1. The minimum atomic E-state index is 0.132. The predicted molar refractivity (Wildman–Crippen MR) is 86.2 cm³/mol. The van der Waals surface area contributed by atoms with Crippen LogP contribution in [0.5, 0.6) is 5.75 Å². The van der Waals surface area contributed by atoms with Gasteiger partial charge in [0, 0.05) is 24.0 Å². The molecule has 0 bridgehead atoms. The highest BCUT2D eigenvalue weighted by atomic mass is 16.5. The number of benzene rings is 1. The number of hydrogen-bond donors (Lipinski definition) is 1. The molecule has 1 N–H and O–H groups in total. The summed E-state index contributed by atoms with van der Waals surface area (Å²) >= 11 is 0. The molecule has 4 nitrogen and oxygen atoms in total. The molecular weight excluding hydrogens is 276 g/mol. The van der Waals surface area contributed by atoms with Crippen molar-refractivity contribution in [2.75, 3.05) is 20.2 Å². The number of likely N-dealkylation sites (tertiary alicyclic amines) is 1. The van der Waals surface area contributed by atoms with E-state index in [0.717, 1.165) is 41.6 Å². The van der Waals surface area contributed by atoms with Gasteiger partial charge in [-0.25, -0.2) is 0 Å².